The summed E-state index contributed by atoms with van der Waals surface area (Å²) in [7, 11) is 0. The minimum atomic E-state index is 0.897. The molecule has 2 heterocycles. The highest BCUT2D eigenvalue weighted by Gasteiger charge is 2.14. The highest BCUT2D eigenvalue weighted by atomic mass is 15.1. The van der Waals surface area contributed by atoms with Gasteiger partial charge in [0.1, 0.15) is 0 Å². The predicted molar refractivity (Wildman–Crippen MR) is 67.7 cm³/mol. The predicted octanol–water partition coefficient (Wildman–Crippen LogP) is 2.37. The summed E-state index contributed by atoms with van der Waals surface area (Å²) in [5.74, 6) is 1.79. The molecule has 2 aliphatic rings. The number of nitrogens with zero attached hydrogens (tertiary/aromatic N) is 2. The lowest BCUT2D eigenvalue weighted by Gasteiger charge is -2.29. The third-order valence-corrected chi connectivity index (χ3v) is 3.93. The van der Waals surface area contributed by atoms with Crippen LogP contribution in [0, 0.1) is 23.9 Å². The highest BCUT2D eigenvalue weighted by molar-refractivity contribution is 5.00. The summed E-state index contributed by atoms with van der Waals surface area (Å²) >= 11 is 0. The Kier molecular flexibility index (Phi) is 3.98. The van der Waals surface area contributed by atoms with Crippen molar-refractivity contribution < 1.29 is 0 Å². The van der Waals surface area contributed by atoms with E-state index in [1.807, 2.05) is 0 Å². The minimum absolute atomic E-state index is 0.897. The molecule has 2 saturated heterocycles. The first-order valence-corrected chi connectivity index (χ1v) is 6.75. The zero-order chi connectivity index (χ0) is 11.4. The average molecular weight is 220 g/mol. The van der Waals surface area contributed by atoms with Gasteiger partial charge in [0.15, 0.2) is 0 Å². The maximum Gasteiger partial charge on any atom is 0.0307 e. The number of likely N-dealkylation sites (tertiary alicyclic amines) is 2. The molecule has 0 aromatic rings. The van der Waals surface area contributed by atoms with Crippen LogP contribution in [0.3, 0.4) is 0 Å². The van der Waals surface area contributed by atoms with Gasteiger partial charge in [-0.3, -0.25) is 0 Å². The molecule has 0 N–H and O–H groups in total. The second kappa shape index (κ2) is 5.48. The normalized spacial score (nSPS) is 24.1. The van der Waals surface area contributed by atoms with Crippen LogP contribution in [0.15, 0.2) is 0 Å². The Morgan fingerprint density at radius 2 is 1.00 bits per heavy atom. The molecule has 2 rings (SSSR count). The number of rotatable bonds is 0. The molecule has 2 aliphatic heterocycles. The number of hydrogen-bond acceptors (Lipinski definition) is 2. The molecular formula is C14H24N2. The zero-order valence-corrected chi connectivity index (χ0v) is 10.7. The van der Waals surface area contributed by atoms with E-state index in [1.54, 1.807) is 0 Å². The largest absolute Gasteiger partial charge is 0.331 e. The van der Waals surface area contributed by atoms with Crippen molar-refractivity contribution in [2.45, 2.75) is 39.5 Å². The SMILES string of the molecule is CC1CCN(C#CN2CCC(C)CC2)CC1. The minimum Gasteiger partial charge on any atom is -0.331 e. The Morgan fingerprint density at radius 3 is 1.31 bits per heavy atom. The van der Waals surface area contributed by atoms with Gasteiger partial charge in [-0.1, -0.05) is 13.8 Å². The third-order valence-electron chi connectivity index (χ3n) is 3.93. The monoisotopic (exact) mass is 220 g/mol. The summed E-state index contributed by atoms with van der Waals surface area (Å²) in [6, 6.07) is 6.67. The quantitative estimate of drug-likeness (QED) is 0.578. The Morgan fingerprint density at radius 1 is 0.688 bits per heavy atom. The van der Waals surface area contributed by atoms with Crippen LogP contribution in [0.25, 0.3) is 0 Å². The van der Waals surface area contributed by atoms with Crippen LogP contribution in [-0.4, -0.2) is 36.0 Å². The first-order valence-electron chi connectivity index (χ1n) is 6.75. The van der Waals surface area contributed by atoms with Crippen molar-refractivity contribution in [3.05, 3.63) is 0 Å². The molecular weight excluding hydrogens is 196 g/mol. The molecule has 0 unspecified atom stereocenters. The molecule has 2 fully saturated rings. The lowest BCUT2D eigenvalue weighted by atomic mass is 9.99. The van der Waals surface area contributed by atoms with E-state index in [4.69, 9.17) is 0 Å². The molecule has 0 spiro atoms. The van der Waals surface area contributed by atoms with E-state index in [2.05, 4.69) is 35.7 Å². The first-order chi connectivity index (χ1) is 7.74. The van der Waals surface area contributed by atoms with E-state index in [1.165, 1.54) is 51.9 Å². The zero-order valence-electron chi connectivity index (χ0n) is 10.7. The van der Waals surface area contributed by atoms with Crippen LogP contribution in [0.4, 0.5) is 0 Å². The van der Waals surface area contributed by atoms with E-state index >= 15 is 0 Å². The number of hydrogen-bond donors (Lipinski definition) is 0. The Bertz CT molecular complexity index is 234. The van der Waals surface area contributed by atoms with Gasteiger partial charge in [0, 0.05) is 38.3 Å². The van der Waals surface area contributed by atoms with Crippen molar-refractivity contribution in [2.75, 3.05) is 26.2 Å². The molecule has 0 saturated carbocycles. The second-order valence-corrected chi connectivity index (χ2v) is 5.56. The van der Waals surface area contributed by atoms with Crippen molar-refractivity contribution in [2.24, 2.45) is 11.8 Å². The molecule has 0 aliphatic carbocycles. The lowest BCUT2D eigenvalue weighted by Crippen LogP contribution is -2.32. The molecule has 0 radical (unpaired) electrons. The highest BCUT2D eigenvalue weighted by Crippen LogP contribution is 2.16. The molecule has 90 valence electrons. The summed E-state index contributed by atoms with van der Waals surface area (Å²) in [6.45, 7) is 9.35. The van der Waals surface area contributed by atoms with E-state index in [9.17, 15) is 0 Å². The molecule has 0 amide bonds. The fraction of sp³-hybridized carbons (Fsp3) is 0.857. The van der Waals surface area contributed by atoms with Crippen molar-refractivity contribution >= 4 is 0 Å². The molecule has 2 nitrogen and oxygen atoms in total. The van der Waals surface area contributed by atoms with Crippen molar-refractivity contribution in [1.82, 2.24) is 9.80 Å². The van der Waals surface area contributed by atoms with Gasteiger partial charge in [0.05, 0.1) is 0 Å². The Hall–Kier alpha value is -0.840. The van der Waals surface area contributed by atoms with Gasteiger partial charge in [0.2, 0.25) is 0 Å². The van der Waals surface area contributed by atoms with Gasteiger partial charge in [-0.25, -0.2) is 0 Å². The van der Waals surface area contributed by atoms with Crippen molar-refractivity contribution in [3.8, 4) is 12.1 Å². The summed E-state index contributed by atoms with van der Waals surface area (Å²) < 4.78 is 0. The summed E-state index contributed by atoms with van der Waals surface area (Å²) in [4.78, 5) is 4.61. The van der Waals surface area contributed by atoms with Crippen LogP contribution < -0.4 is 0 Å². The fourth-order valence-electron chi connectivity index (χ4n) is 2.38. The van der Waals surface area contributed by atoms with E-state index in [0.717, 1.165) is 11.8 Å². The lowest BCUT2D eigenvalue weighted by molar-refractivity contribution is 0.254. The fourth-order valence-corrected chi connectivity index (χ4v) is 2.38. The van der Waals surface area contributed by atoms with Gasteiger partial charge in [-0.05, 0) is 37.5 Å². The van der Waals surface area contributed by atoms with Gasteiger partial charge in [-0.2, -0.15) is 0 Å². The molecule has 0 aromatic heterocycles. The standard InChI is InChI=1S/C14H24N2/c1-13-3-7-15(8-4-13)11-12-16-9-5-14(2)6-10-16/h13-14H,3-10H2,1-2H3. The first kappa shape index (κ1) is 11.6. The molecule has 0 aromatic carbocycles. The van der Waals surface area contributed by atoms with Gasteiger partial charge in [-0.15, -0.1) is 0 Å². The third kappa shape index (κ3) is 3.33. The maximum absolute atomic E-state index is 3.34. The van der Waals surface area contributed by atoms with Gasteiger partial charge in [0.25, 0.3) is 0 Å². The summed E-state index contributed by atoms with van der Waals surface area (Å²) in [5.41, 5.74) is 0. The average Bonchev–Trinajstić information content (AvgIpc) is 2.30. The van der Waals surface area contributed by atoms with Crippen LogP contribution in [0.1, 0.15) is 39.5 Å². The number of piperidine rings is 2. The van der Waals surface area contributed by atoms with Crippen LogP contribution >= 0.6 is 0 Å². The maximum atomic E-state index is 3.34. The molecule has 0 bridgehead atoms. The van der Waals surface area contributed by atoms with Crippen LogP contribution in [0.2, 0.25) is 0 Å². The Labute approximate surface area is 100.0 Å². The van der Waals surface area contributed by atoms with Gasteiger partial charge < -0.3 is 9.80 Å². The van der Waals surface area contributed by atoms with E-state index in [0.29, 0.717) is 0 Å². The molecule has 2 heteroatoms. The summed E-state index contributed by atoms with van der Waals surface area (Å²) in [6.07, 6.45) is 5.24. The second-order valence-electron chi connectivity index (χ2n) is 5.56. The van der Waals surface area contributed by atoms with E-state index in [-0.39, 0.29) is 0 Å². The van der Waals surface area contributed by atoms with Crippen molar-refractivity contribution in [3.63, 3.8) is 0 Å². The van der Waals surface area contributed by atoms with Crippen molar-refractivity contribution in [1.29, 1.82) is 0 Å². The van der Waals surface area contributed by atoms with E-state index < -0.39 is 0 Å². The van der Waals surface area contributed by atoms with Crippen LogP contribution in [-0.2, 0) is 0 Å². The Balaban J connectivity index is 1.76. The smallest absolute Gasteiger partial charge is 0.0307 e. The molecule has 16 heavy (non-hydrogen) atoms. The topological polar surface area (TPSA) is 6.48 Å². The molecule has 0 atom stereocenters. The summed E-state index contributed by atoms with van der Waals surface area (Å²) in [5, 5.41) is 0. The van der Waals surface area contributed by atoms with Gasteiger partial charge >= 0.3 is 0 Å². The van der Waals surface area contributed by atoms with Crippen LogP contribution in [0.5, 0.6) is 0 Å².